The van der Waals surface area contributed by atoms with E-state index in [2.05, 4.69) is 15.4 Å². The van der Waals surface area contributed by atoms with Crippen molar-refractivity contribution in [3.63, 3.8) is 0 Å². The van der Waals surface area contributed by atoms with Gasteiger partial charge in [0.25, 0.3) is 21.8 Å². The lowest BCUT2D eigenvalue weighted by molar-refractivity contribution is 0.0954. The molecule has 0 aromatic heterocycles. The summed E-state index contributed by atoms with van der Waals surface area (Å²) >= 11 is 0. The second-order valence-electron chi connectivity index (χ2n) is 6.72. The summed E-state index contributed by atoms with van der Waals surface area (Å²) in [5.74, 6) is -0.276. The molecule has 3 rings (SSSR count). The van der Waals surface area contributed by atoms with Gasteiger partial charge in [0, 0.05) is 23.4 Å². The van der Waals surface area contributed by atoms with E-state index in [1.807, 2.05) is 6.92 Å². The van der Waals surface area contributed by atoms with Gasteiger partial charge in [-0.05, 0) is 61.5 Å². The van der Waals surface area contributed by atoms with Gasteiger partial charge >= 0.3 is 0 Å². The van der Waals surface area contributed by atoms with E-state index in [-0.39, 0.29) is 16.4 Å². The molecule has 0 heterocycles. The third kappa shape index (κ3) is 5.44. The van der Waals surface area contributed by atoms with E-state index in [1.165, 1.54) is 31.4 Å². The maximum Gasteiger partial charge on any atom is 0.262 e. The van der Waals surface area contributed by atoms with Crippen molar-refractivity contribution >= 4 is 33.2 Å². The Balaban J connectivity index is 1.73. The van der Waals surface area contributed by atoms with Crippen LogP contribution in [0, 0.1) is 0 Å². The molecule has 0 saturated heterocycles. The summed E-state index contributed by atoms with van der Waals surface area (Å²) in [5, 5.41) is 5.40. The van der Waals surface area contributed by atoms with E-state index in [0.29, 0.717) is 29.2 Å². The number of amides is 2. The molecule has 0 unspecified atom stereocenters. The topological polar surface area (TPSA) is 114 Å². The molecule has 3 aromatic rings. The summed E-state index contributed by atoms with van der Waals surface area (Å²) in [4.78, 5) is 24.5. The monoisotopic (exact) mass is 453 g/mol. The highest BCUT2D eigenvalue weighted by molar-refractivity contribution is 7.92. The minimum Gasteiger partial charge on any atom is -0.495 e. The van der Waals surface area contributed by atoms with Crippen molar-refractivity contribution in [2.45, 2.75) is 11.8 Å². The van der Waals surface area contributed by atoms with Crippen LogP contribution in [-0.4, -0.2) is 33.9 Å². The number of sulfonamides is 1. The number of hydrogen-bond acceptors (Lipinski definition) is 5. The number of rotatable bonds is 8. The van der Waals surface area contributed by atoms with Gasteiger partial charge in [0.1, 0.15) is 5.75 Å². The molecule has 0 aliphatic carbocycles. The van der Waals surface area contributed by atoms with Crippen molar-refractivity contribution in [2.24, 2.45) is 0 Å². The number of carbonyl (C=O) groups is 2. The smallest absolute Gasteiger partial charge is 0.262 e. The molecule has 0 saturated carbocycles. The zero-order valence-corrected chi connectivity index (χ0v) is 18.4. The number of methoxy groups -OCH3 is 1. The third-order valence-electron chi connectivity index (χ3n) is 4.50. The first-order valence-corrected chi connectivity index (χ1v) is 11.3. The Kier molecular flexibility index (Phi) is 7.11. The first-order valence-electron chi connectivity index (χ1n) is 9.79. The predicted molar refractivity (Wildman–Crippen MR) is 123 cm³/mol. The Labute approximate surface area is 186 Å². The maximum atomic E-state index is 12.7. The molecule has 2 amide bonds. The molecule has 3 N–H and O–H groups in total. The molecular weight excluding hydrogens is 430 g/mol. The number of anilines is 2. The van der Waals surface area contributed by atoms with Crippen LogP contribution in [0.2, 0.25) is 0 Å². The zero-order valence-electron chi connectivity index (χ0n) is 17.6. The Bertz CT molecular complexity index is 1220. The largest absolute Gasteiger partial charge is 0.495 e. The van der Waals surface area contributed by atoms with E-state index < -0.39 is 15.9 Å². The predicted octanol–water partition coefficient (Wildman–Crippen LogP) is 3.50. The quantitative estimate of drug-likeness (QED) is 0.483. The van der Waals surface area contributed by atoms with Crippen molar-refractivity contribution in [2.75, 3.05) is 23.7 Å². The standard InChI is InChI=1S/C23H23N3O5S/c1-3-24-22(27)17-7-6-8-18(15-17)25-23(28)16-11-13-19(14-12-16)32(29,30)26-20-9-4-5-10-21(20)31-2/h4-15,26H,3H2,1-2H3,(H,24,27)(H,25,28). The van der Waals surface area contributed by atoms with Crippen LogP contribution in [-0.2, 0) is 10.0 Å². The van der Waals surface area contributed by atoms with Gasteiger partial charge in [-0.3, -0.25) is 14.3 Å². The minimum absolute atomic E-state index is 0.00168. The van der Waals surface area contributed by atoms with Crippen LogP contribution >= 0.6 is 0 Å². The van der Waals surface area contributed by atoms with Gasteiger partial charge in [0.05, 0.1) is 17.7 Å². The SMILES string of the molecule is CCNC(=O)c1cccc(NC(=O)c2ccc(S(=O)(=O)Nc3ccccc3OC)cc2)c1. The second-order valence-corrected chi connectivity index (χ2v) is 8.41. The van der Waals surface area contributed by atoms with E-state index in [1.54, 1.807) is 48.5 Å². The summed E-state index contributed by atoms with van der Waals surface area (Å²) in [6, 6.07) is 18.7. The molecule has 0 radical (unpaired) electrons. The average molecular weight is 454 g/mol. The molecule has 0 fully saturated rings. The summed E-state index contributed by atoms with van der Waals surface area (Å²) in [6.45, 7) is 2.32. The lowest BCUT2D eigenvalue weighted by atomic mass is 10.1. The molecule has 0 atom stereocenters. The Morgan fingerprint density at radius 3 is 2.28 bits per heavy atom. The highest BCUT2D eigenvalue weighted by Crippen LogP contribution is 2.26. The zero-order chi connectivity index (χ0) is 23.1. The van der Waals surface area contributed by atoms with Crippen molar-refractivity contribution in [3.05, 3.63) is 83.9 Å². The maximum absolute atomic E-state index is 12.7. The number of nitrogens with one attached hydrogen (secondary N) is 3. The van der Waals surface area contributed by atoms with Crippen LogP contribution in [0.4, 0.5) is 11.4 Å². The first kappa shape index (κ1) is 22.8. The van der Waals surface area contributed by atoms with Gasteiger partial charge in [-0.2, -0.15) is 0 Å². The number of benzene rings is 3. The minimum atomic E-state index is -3.87. The van der Waals surface area contributed by atoms with E-state index >= 15 is 0 Å². The van der Waals surface area contributed by atoms with Crippen LogP contribution in [0.5, 0.6) is 5.75 Å². The summed E-state index contributed by atoms with van der Waals surface area (Å²) in [5.41, 5.74) is 1.45. The molecule has 0 aliphatic heterocycles. The Morgan fingerprint density at radius 1 is 0.875 bits per heavy atom. The first-order chi connectivity index (χ1) is 15.3. The van der Waals surface area contributed by atoms with Crippen LogP contribution in [0.3, 0.4) is 0 Å². The van der Waals surface area contributed by atoms with Gasteiger partial charge in [-0.15, -0.1) is 0 Å². The number of hydrogen-bond donors (Lipinski definition) is 3. The molecule has 0 spiro atoms. The second kappa shape index (κ2) is 9.97. The van der Waals surface area contributed by atoms with E-state index in [9.17, 15) is 18.0 Å². The third-order valence-corrected chi connectivity index (χ3v) is 5.88. The summed E-state index contributed by atoms with van der Waals surface area (Å²) < 4.78 is 33.0. The van der Waals surface area contributed by atoms with Crippen molar-refractivity contribution in [1.82, 2.24) is 5.32 Å². The van der Waals surface area contributed by atoms with Crippen molar-refractivity contribution < 1.29 is 22.7 Å². The average Bonchev–Trinajstić information content (AvgIpc) is 2.79. The van der Waals surface area contributed by atoms with Gasteiger partial charge in [0.2, 0.25) is 0 Å². The van der Waals surface area contributed by atoms with Gasteiger partial charge in [-0.1, -0.05) is 18.2 Å². The number of carbonyl (C=O) groups excluding carboxylic acids is 2. The van der Waals surface area contributed by atoms with Crippen LogP contribution in [0.1, 0.15) is 27.6 Å². The Morgan fingerprint density at radius 2 is 1.59 bits per heavy atom. The molecular formula is C23H23N3O5S. The molecule has 0 aliphatic rings. The molecule has 8 nitrogen and oxygen atoms in total. The fraction of sp³-hybridized carbons (Fsp3) is 0.130. The van der Waals surface area contributed by atoms with Crippen LogP contribution in [0.15, 0.2) is 77.7 Å². The molecule has 3 aromatic carbocycles. The van der Waals surface area contributed by atoms with Crippen LogP contribution < -0.4 is 20.1 Å². The molecule has 0 bridgehead atoms. The van der Waals surface area contributed by atoms with E-state index in [0.717, 1.165) is 0 Å². The lowest BCUT2D eigenvalue weighted by Crippen LogP contribution is -2.22. The molecule has 9 heteroatoms. The summed E-state index contributed by atoms with van der Waals surface area (Å²) in [7, 11) is -2.42. The number of para-hydroxylation sites is 2. The molecule has 32 heavy (non-hydrogen) atoms. The summed E-state index contributed by atoms with van der Waals surface area (Å²) in [6.07, 6.45) is 0. The highest BCUT2D eigenvalue weighted by atomic mass is 32.2. The normalized spacial score (nSPS) is 10.8. The van der Waals surface area contributed by atoms with Crippen molar-refractivity contribution in [1.29, 1.82) is 0 Å². The van der Waals surface area contributed by atoms with Gasteiger partial charge in [0.15, 0.2) is 0 Å². The van der Waals surface area contributed by atoms with Crippen LogP contribution in [0.25, 0.3) is 0 Å². The van der Waals surface area contributed by atoms with Gasteiger partial charge < -0.3 is 15.4 Å². The van der Waals surface area contributed by atoms with E-state index in [4.69, 9.17) is 4.74 Å². The Hall–Kier alpha value is -3.85. The molecule has 166 valence electrons. The highest BCUT2D eigenvalue weighted by Gasteiger charge is 2.17. The van der Waals surface area contributed by atoms with Gasteiger partial charge in [-0.25, -0.2) is 8.42 Å². The fourth-order valence-corrected chi connectivity index (χ4v) is 3.99. The van der Waals surface area contributed by atoms with Crippen molar-refractivity contribution in [3.8, 4) is 5.75 Å². The lowest BCUT2D eigenvalue weighted by Gasteiger charge is -2.12. The fourth-order valence-electron chi connectivity index (χ4n) is 2.92. The number of ether oxygens (including phenoxy) is 1.